The molecular formula is C17H21NO3. The van der Waals surface area contributed by atoms with E-state index in [0.717, 1.165) is 19.3 Å². The van der Waals surface area contributed by atoms with Crippen molar-refractivity contribution in [2.75, 3.05) is 19.8 Å². The molecule has 21 heavy (non-hydrogen) atoms. The summed E-state index contributed by atoms with van der Waals surface area (Å²) in [5.74, 6) is 5.40. The molecule has 0 spiro atoms. The smallest absolute Gasteiger partial charge is 0.255 e. The van der Waals surface area contributed by atoms with Gasteiger partial charge in [-0.25, -0.2) is 0 Å². The van der Waals surface area contributed by atoms with Gasteiger partial charge < -0.3 is 15.1 Å². The Kier molecular flexibility index (Phi) is 5.79. The van der Waals surface area contributed by atoms with Crippen LogP contribution >= 0.6 is 0 Å². The van der Waals surface area contributed by atoms with Gasteiger partial charge in [0.05, 0.1) is 5.56 Å². The third kappa shape index (κ3) is 3.84. The average Bonchev–Trinajstić information content (AvgIpc) is 2.47. The Labute approximate surface area is 125 Å². The van der Waals surface area contributed by atoms with Gasteiger partial charge in [0.25, 0.3) is 5.91 Å². The molecular weight excluding hydrogens is 266 g/mol. The minimum absolute atomic E-state index is 0.0315. The highest BCUT2D eigenvalue weighted by atomic mass is 16.3. The maximum Gasteiger partial charge on any atom is 0.255 e. The molecule has 2 N–H and O–H groups in total. The summed E-state index contributed by atoms with van der Waals surface area (Å²) in [5, 5.41) is 17.8. The van der Waals surface area contributed by atoms with Crippen LogP contribution in [-0.2, 0) is 0 Å². The number of hydrogen-bond donors (Lipinski definition) is 2. The largest absolute Gasteiger partial charge is 0.396 e. The molecule has 1 aromatic carbocycles. The number of carbonyl (C=O) groups is 1. The molecule has 112 valence electrons. The number of carbonyl (C=O) groups excluding carboxylic acids is 1. The summed E-state index contributed by atoms with van der Waals surface area (Å²) >= 11 is 0. The zero-order chi connectivity index (χ0) is 15.1. The van der Waals surface area contributed by atoms with Crippen molar-refractivity contribution in [1.82, 2.24) is 4.90 Å². The SMILES string of the molecule is O=C(c1ccccc1C#CCO)N(CCCO)C1CCC1. The Morgan fingerprint density at radius 2 is 2.05 bits per heavy atom. The molecule has 1 aromatic rings. The van der Waals surface area contributed by atoms with Crippen molar-refractivity contribution < 1.29 is 15.0 Å². The molecule has 1 fully saturated rings. The van der Waals surface area contributed by atoms with Gasteiger partial charge in [0.15, 0.2) is 0 Å². The van der Waals surface area contributed by atoms with E-state index in [4.69, 9.17) is 10.2 Å². The number of rotatable bonds is 5. The van der Waals surface area contributed by atoms with E-state index >= 15 is 0 Å². The van der Waals surface area contributed by atoms with Crippen LogP contribution in [0, 0.1) is 11.8 Å². The van der Waals surface area contributed by atoms with Crippen LogP contribution in [0.1, 0.15) is 41.6 Å². The van der Waals surface area contributed by atoms with Crippen LogP contribution in [0.2, 0.25) is 0 Å². The first-order chi connectivity index (χ1) is 10.3. The van der Waals surface area contributed by atoms with Gasteiger partial charge in [0.2, 0.25) is 0 Å². The monoisotopic (exact) mass is 287 g/mol. The fourth-order valence-electron chi connectivity index (χ4n) is 2.46. The van der Waals surface area contributed by atoms with Crippen molar-refractivity contribution in [3.63, 3.8) is 0 Å². The lowest BCUT2D eigenvalue weighted by atomic mass is 9.90. The van der Waals surface area contributed by atoms with Crippen LogP contribution in [0.5, 0.6) is 0 Å². The van der Waals surface area contributed by atoms with E-state index in [1.807, 2.05) is 17.0 Å². The molecule has 0 radical (unpaired) electrons. The summed E-state index contributed by atoms with van der Waals surface area (Å²) in [5.41, 5.74) is 1.22. The summed E-state index contributed by atoms with van der Waals surface area (Å²) in [7, 11) is 0. The van der Waals surface area contributed by atoms with Gasteiger partial charge in [-0.3, -0.25) is 4.79 Å². The topological polar surface area (TPSA) is 60.8 Å². The predicted molar refractivity (Wildman–Crippen MR) is 80.8 cm³/mol. The van der Waals surface area contributed by atoms with E-state index in [1.54, 1.807) is 12.1 Å². The Balaban J connectivity index is 2.23. The van der Waals surface area contributed by atoms with E-state index in [1.165, 1.54) is 0 Å². The third-order valence-electron chi connectivity index (χ3n) is 3.79. The molecule has 0 aromatic heterocycles. The molecule has 0 heterocycles. The van der Waals surface area contributed by atoms with Crippen LogP contribution in [0.25, 0.3) is 0 Å². The molecule has 0 atom stereocenters. The summed E-state index contributed by atoms with van der Waals surface area (Å²) in [6, 6.07) is 7.50. The van der Waals surface area contributed by atoms with Crippen molar-refractivity contribution in [3.8, 4) is 11.8 Å². The molecule has 1 aliphatic rings. The Bertz CT molecular complexity index is 540. The molecule has 2 rings (SSSR count). The second-order valence-corrected chi connectivity index (χ2v) is 5.17. The highest BCUT2D eigenvalue weighted by molar-refractivity contribution is 5.97. The van der Waals surface area contributed by atoms with Crippen LogP contribution in [0.4, 0.5) is 0 Å². The van der Waals surface area contributed by atoms with Gasteiger partial charge in [0.1, 0.15) is 6.61 Å². The molecule has 4 heteroatoms. The lowest BCUT2D eigenvalue weighted by Gasteiger charge is -2.37. The normalized spacial score (nSPS) is 14.0. The predicted octanol–water partition coefficient (Wildman–Crippen LogP) is 1.41. The van der Waals surface area contributed by atoms with Crippen LogP contribution in [-0.4, -0.2) is 46.8 Å². The third-order valence-corrected chi connectivity index (χ3v) is 3.79. The number of amides is 1. The number of aliphatic hydroxyl groups is 2. The van der Waals surface area contributed by atoms with Crippen molar-refractivity contribution in [2.24, 2.45) is 0 Å². The number of nitrogens with zero attached hydrogens (tertiary/aromatic N) is 1. The molecule has 4 nitrogen and oxygen atoms in total. The number of aliphatic hydroxyl groups excluding tert-OH is 2. The average molecular weight is 287 g/mol. The second kappa shape index (κ2) is 7.82. The number of benzene rings is 1. The van der Waals surface area contributed by atoms with E-state index in [9.17, 15) is 4.79 Å². The van der Waals surface area contributed by atoms with Crippen LogP contribution < -0.4 is 0 Å². The molecule has 0 bridgehead atoms. The summed E-state index contributed by atoms with van der Waals surface area (Å²) in [6.07, 6.45) is 3.80. The summed E-state index contributed by atoms with van der Waals surface area (Å²) in [4.78, 5) is 14.6. The fourth-order valence-corrected chi connectivity index (χ4v) is 2.46. The minimum Gasteiger partial charge on any atom is -0.396 e. The second-order valence-electron chi connectivity index (χ2n) is 5.17. The van der Waals surface area contributed by atoms with Crippen molar-refractivity contribution in [3.05, 3.63) is 35.4 Å². The van der Waals surface area contributed by atoms with Crippen molar-refractivity contribution in [2.45, 2.75) is 31.7 Å². The lowest BCUT2D eigenvalue weighted by Crippen LogP contribution is -2.45. The minimum atomic E-state index is -0.223. The van der Waals surface area contributed by atoms with E-state index in [2.05, 4.69) is 11.8 Å². The Morgan fingerprint density at radius 3 is 2.67 bits per heavy atom. The van der Waals surface area contributed by atoms with Gasteiger partial charge in [-0.05, 0) is 37.8 Å². The molecule has 1 aliphatic carbocycles. The fraction of sp³-hybridized carbons (Fsp3) is 0.471. The van der Waals surface area contributed by atoms with E-state index in [0.29, 0.717) is 24.1 Å². The van der Waals surface area contributed by atoms with Crippen LogP contribution in [0.3, 0.4) is 0 Å². The quantitative estimate of drug-likeness (QED) is 0.805. The molecule has 0 aliphatic heterocycles. The number of hydrogen-bond acceptors (Lipinski definition) is 3. The highest BCUT2D eigenvalue weighted by Crippen LogP contribution is 2.27. The molecule has 1 saturated carbocycles. The maximum absolute atomic E-state index is 12.8. The van der Waals surface area contributed by atoms with Crippen molar-refractivity contribution >= 4 is 5.91 Å². The Hall–Kier alpha value is -1.83. The first-order valence-electron chi connectivity index (χ1n) is 7.38. The zero-order valence-corrected chi connectivity index (χ0v) is 12.1. The van der Waals surface area contributed by atoms with Gasteiger partial charge in [0, 0.05) is 24.8 Å². The summed E-state index contributed by atoms with van der Waals surface area (Å²) < 4.78 is 0. The Morgan fingerprint density at radius 1 is 1.29 bits per heavy atom. The standard InChI is InChI=1S/C17H21NO3/c19-12-4-7-14-6-1-2-10-16(14)17(21)18(11-5-13-20)15-8-3-9-15/h1-2,6,10,15,19-20H,3,5,8-9,11-13H2. The van der Waals surface area contributed by atoms with Gasteiger partial charge in [-0.2, -0.15) is 0 Å². The van der Waals surface area contributed by atoms with E-state index in [-0.39, 0.29) is 25.2 Å². The highest BCUT2D eigenvalue weighted by Gasteiger charge is 2.29. The van der Waals surface area contributed by atoms with Crippen molar-refractivity contribution in [1.29, 1.82) is 0 Å². The first-order valence-corrected chi connectivity index (χ1v) is 7.38. The lowest BCUT2D eigenvalue weighted by molar-refractivity contribution is 0.0562. The van der Waals surface area contributed by atoms with Gasteiger partial charge in [-0.1, -0.05) is 24.0 Å². The van der Waals surface area contributed by atoms with E-state index < -0.39 is 0 Å². The molecule has 0 saturated heterocycles. The molecule has 1 amide bonds. The molecule has 0 unspecified atom stereocenters. The summed E-state index contributed by atoms with van der Waals surface area (Å²) in [6.45, 7) is 0.434. The first kappa shape index (κ1) is 15.6. The zero-order valence-electron chi connectivity index (χ0n) is 12.1. The van der Waals surface area contributed by atoms with Gasteiger partial charge in [-0.15, -0.1) is 0 Å². The van der Waals surface area contributed by atoms with Crippen LogP contribution in [0.15, 0.2) is 24.3 Å². The van der Waals surface area contributed by atoms with Gasteiger partial charge >= 0.3 is 0 Å². The maximum atomic E-state index is 12.8.